The van der Waals surface area contributed by atoms with Crippen molar-refractivity contribution >= 4 is 35.0 Å². The Morgan fingerprint density at radius 3 is 2.45 bits per heavy atom. The van der Waals surface area contributed by atoms with Crippen LogP contribution in [0.1, 0.15) is 53.2 Å². The monoisotopic (exact) mass is 550 g/mol. The topological polar surface area (TPSA) is 65.5 Å². The van der Waals surface area contributed by atoms with E-state index in [1.54, 1.807) is 24.4 Å². The average molecular weight is 552 g/mol. The summed E-state index contributed by atoms with van der Waals surface area (Å²) in [6.45, 7) is 4.05. The number of benzene rings is 2. The van der Waals surface area contributed by atoms with Crippen LogP contribution in [0.3, 0.4) is 0 Å². The minimum atomic E-state index is -0.237. The molecule has 2 amide bonds. The first-order valence-electron chi connectivity index (χ1n) is 13.1. The van der Waals surface area contributed by atoms with E-state index in [0.29, 0.717) is 22.2 Å². The first-order valence-corrected chi connectivity index (χ1v) is 13.9. The second-order valence-corrected chi connectivity index (χ2v) is 11.1. The maximum Gasteiger partial charge on any atom is 0.251 e. The molecule has 3 aromatic rings. The molecule has 2 aromatic carbocycles. The first-order chi connectivity index (χ1) is 18.4. The second kappa shape index (κ2) is 11.9. The Morgan fingerprint density at radius 2 is 1.74 bits per heavy atom. The van der Waals surface area contributed by atoms with Crippen molar-refractivity contribution < 1.29 is 9.59 Å². The summed E-state index contributed by atoms with van der Waals surface area (Å²) in [7, 11) is 0. The number of aromatic nitrogens is 1. The smallest absolute Gasteiger partial charge is 0.251 e. The summed E-state index contributed by atoms with van der Waals surface area (Å²) in [5.41, 5.74) is 2.38. The number of pyridine rings is 1. The molecule has 198 valence electrons. The maximum atomic E-state index is 13.4. The third-order valence-corrected chi connectivity index (χ3v) is 8.67. The molecule has 1 spiro atoms. The van der Waals surface area contributed by atoms with Crippen LogP contribution in [-0.4, -0.2) is 52.8 Å². The zero-order valence-corrected chi connectivity index (χ0v) is 22.8. The largest absolute Gasteiger partial charge is 0.345 e. The summed E-state index contributed by atoms with van der Waals surface area (Å²) in [4.78, 5) is 35.0. The van der Waals surface area contributed by atoms with Crippen LogP contribution in [0.15, 0.2) is 73.1 Å². The van der Waals surface area contributed by atoms with E-state index in [1.807, 2.05) is 53.6 Å². The Kier molecular flexibility index (Phi) is 8.32. The quantitative estimate of drug-likeness (QED) is 0.387. The normalized spacial score (nSPS) is 18.1. The van der Waals surface area contributed by atoms with Crippen LogP contribution in [-0.2, 0) is 11.3 Å². The van der Waals surface area contributed by atoms with Crippen molar-refractivity contribution in [2.45, 2.75) is 38.3 Å². The summed E-state index contributed by atoms with van der Waals surface area (Å²) in [5.74, 6) is 0.109. The van der Waals surface area contributed by atoms with Crippen LogP contribution in [0.4, 0.5) is 0 Å². The van der Waals surface area contributed by atoms with Gasteiger partial charge in [0, 0.05) is 37.6 Å². The van der Waals surface area contributed by atoms with Crippen molar-refractivity contribution in [2.75, 3.05) is 26.2 Å². The van der Waals surface area contributed by atoms with E-state index < -0.39 is 0 Å². The van der Waals surface area contributed by atoms with E-state index in [0.717, 1.165) is 63.0 Å². The molecule has 1 atom stereocenters. The van der Waals surface area contributed by atoms with E-state index in [2.05, 4.69) is 15.2 Å². The number of rotatable bonds is 8. The summed E-state index contributed by atoms with van der Waals surface area (Å²) in [5, 5.41) is 3.97. The van der Waals surface area contributed by atoms with Crippen molar-refractivity contribution in [3.8, 4) is 0 Å². The molecule has 0 bridgehead atoms. The van der Waals surface area contributed by atoms with Crippen LogP contribution in [0.5, 0.6) is 0 Å². The van der Waals surface area contributed by atoms with Crippen LogP contribution in [0.25, 0.3) is 0 Å². The molecule has 2 fully saturated rings. The van der Waals surface area contributed by atoms with Crippen molar-refractivity contribution in [2.24, 2.45) is 5.41 Å². The van der Waals surface area contributed by atoms with Gasteiger partial charge in [-0.1, -0.05) is 59.6 Å². The van der Waals surface area contributed by atoms with Crippen LogP contribution >= 0.6 is 23.2 Å². The molecule has 2 saturated heterocycles. The number of nitrogens with one attached hydrogen (secondary N) is 1. The Labute approximate surface area is 233 Å². The zero-order chi connectivity index (χ0) is 26.5. The molecule has 8 heteroatoms. The molecule has 0 saturated carbocycles. The molecule has 1 unspecified atom stereocenters. The molecule has 6 nitrogen and oxygen atoms in total. The van der Waals surface area contributed by atoms with E-state index in [4.69, 9.17) is 23.2 Å². The van der Waals surface area contributed by atoms with Crippen LogP contribution < -0.4 is 5.32 Å². The lowest BCUT2D eigenvalue weighted by molar-refractivity contribution is -0.138. The Hall–Kier alpha value is -2.93. The Balaban J connectivity index is 1.18. The van der Waals surface area contributed by atoms with Gasteiger partial charge in [0.05, 0.1) is 21.5 Å². The van der Waals surface area contributed by atoms with Gasteiger partial charge < -0.3 is 15.1 Å². The SMILES string of the molecule is O=C(NC(CCN1CCC2(CC1)CCN(Cc1cccnc1)C2=O)c1ccccc1)c1ccc(Cl)c(Cl)c1. The first kappa shape index (κ1) is 26.7. The standard InChI is InChI=1S/C30H32Cl2N4O2/c31-25-9-8-24(19-26(25)32)28(37)34-27(23-6-2-1-3-7-23)10-15-35-16-11-30(12-17-35)13-18-36(29(30)38)21-22-5-4-14-33-20-22/h1-9,14,19-20,27H,10-13,15-18,21H2,(H,34,37). The van der Waals surface area contributed by atoms with Crippen molar-refractivity contribution in [1.29, 1.82) is 0 Å². The highest BCUT2D eigenvalue weighted by molar-refractivity contribution is 6.42. The zero-order valence-electron chi connectivity index (χ0n) is 21.3. The number of carbonyl (C=O) groups is 2. The van der Waals surface area contributed by atoms with Gasteiger partial charge in [0.2, 0.25) is 5.91 Å². The molecule has 3 heterocycles. The van der Waals surface area contributed by atoms with E-state index >= 15 is 0 Å². The number of hydrogen-bond donors (Lipinski definition) is 1. The van der Waals surface area contributed by atoms with Crippen molar-refractivity contribution in [1.82, 2.24) is 20.1 Å². The highest BCUT2D eigenvalue weighted by Gasteiger charge is 2.47. The average Bonchev–Trinajstić information content (AvgIpc) is 3.24. The van der Waals surface area contributed by atoms with Gasteiger partial charge in [-0.2, -0.15) is 0 Å². The van der Waals surface area contributed by atoms with Gasteiger partial charge in [-0.15, -0.1) is 0 Å². The molecule has 0 radical (unpaired) electrons. The third-order valence-electron chi connectivity index (χ3n) is 7.93. The van der Waals surface area contributed by atoms with E-state index in [-0.39, 0.29) is 23.3 Å². The van der Waals surface area contributed by atoms with Crippen molar-refractivity contribution in [3.05, 3.63) is 99.8 Å². The van der Waals surface area contributed by atoms with Gasteiger partial charge in [0.25, 0.3) is 5.91 Å². The Morgan fingerprint density at radius 1 is 0.974 bits per heavy atom. The van der Waals surface area contributed by atoms with Crippen LogP contribution in [0.2, 0.25) is 10.0 Å². The molecule has 2 aliphatic rings. The van der Waals surface area contributed by atoms with Gasteiger partial charge in [-0.25, -0.2) is 0 Å². The number of hydrogen-bond acceptors (Lipinski definition) is 4. The predicted octanol–water partition coefficient (Wildman–Crippen LogP) is 5.76. The molecule has 2 aliphatic heterocycles. The number of carbonyl (C=O) groups excluding carboxylic acids is 2. The lowest BCUT2D eigenvalue weighted by Gasteiger charge is -2.38. The minimum absolute atomic E-state index is 0.142. The highest BCUT2D eigenvalue weighted by atomic mass is 35.5. The molecule has 5 rings (SSSR count). The molecule has 0 aliphatic carbocycles. The molecule has 1 N–H and O–H groups in total. The summed E-state index contributed by atoms with van der Waals surface area (Å²) < 4.78 is 0. The van der Waals surface area contributed by atoms with E-state index in [1.165, 1.54) is 0 Å². The highest BCUT2D eigenvalue weighted by Crippen LogP contribution is 2.42. The summed E-state index contributed by atoms with van der Waals surface area (Å²) in [6, 6.07) is 18.8. The number of piperidine rings is 1. The predicted molar refractivity (Wildman–Crippen MR) is 150 cm³/mol. The number of halogens is 2. The fourth-order valence-electron chi connectivity index (χ4n) is 5.62. The lowest BCUT2D eigenvalue weighted by Crippen LogP contribution is -2.45. The van der Waals surface area contributed by atoms with Gasteiger partial charge in [0.1, 0.15) is 0 Å². The number of amides is 2. The van der Waals surface area contributed by atoms with Gasteiger partial charge >= 0.3 is 0 Å². The maximum absolute atomic E-state index is 13.4. The number of nitrogens with zero attached hydrogens (tertiary/aromatic N) is 3. The van der Waals surface area contributed by atoms with E-state index in [9.17, 15) is 9.59 Å². The van der Waals surface area contributed by atoms with Gasteiger partial charge in [-0.3, -0.25) is 14.6 Å². The van der Waals surface area contributed by atoms with Crippen molar-refractivity contribution in [3.63, 3.8) is 0 Å². The molecule has 1 aromatic heterocycles. The second-order valence-electron chi connectivity index (χ2n) is 10.3. The summed E-state index contributed by atoms with van der Waals surface area (Å²) >= 11 is 12.2. The molecule has 38 heavy (non-hydrogen) atoms. The molecular weight excluding hydrogens is 519 g/mol. The lowest BCUT2D eigenvalue weighted by atomic mass is 9.77. The Bertz CT molecular complexity index is 1260. The fourth-order valence-corrected chi connectivity index (χ4v) is 5.92. The third kappa shape index (κ3) is 6.04. The van der Waals surface area contributed by atoms with Gasteiger partial charge in [0.15, 0.2) is 0 Å². The minimum Gasteiger partial charge on any atom is -0.345 e. The van der Waals surface area contributed by atoms with Crippen LogP contribution in [0, 0.1) is 5.41 Å². The fraction of sp³-hybridized carbons (Fsp3) is 0.367. The molecular formula is C30H32Cl2N4O2. The van der Waals surface area contributed by atoms with Gasteiger partial charge in [-0.05, 0) is 74.2 Å². The number of likely N-dealkylation sites (tertiary alicyclic amines) is 2. The summed E-state index contributed by atoms with van der Waals surface area (Å²) in [6.07, 6.45) is 7.04.